The van der Waals surface area contributed by atoms with Crippen LogP contribution in [0.2, 0.25) is 0 Å². The SMILES string of the molecule is COc1ccc(/C=N\OCC(=O)OCC(=O)N[C@@H](C)c2cccc3ccccc23)cc1. The van der Waals surface area contributed by atoms with Crippen LogP contribution in [0.25, 0.3) is 10.8 Å². The van der Waals surface area contributed by atoms with Gasteiger partial charge in [-0.3, -0.25) is 4.79 Å². The number of rotatable bonds is 9. The summed E-state index contributed by atoms with van der Waals surface area (Å²) >= 11 is 0. The highest BCUT2D eigenvalue weighted by Gasteiger charge is 2.14. The quantitative estimate of drug-likeness (QED) is 0.325. The van der Waals surface area contributed by atoms with Crippen molar-refractivity contribution in [2.45, 2.75) is 13.0 Å². The topological polar surface area (TPSA) is 86.2 Å². The van der Waals surface area contributed by atoms with E-state index in [-0.39, 0.29) is 12.6 Å². The van der Waals surface area contributed by atoms with Gasteiger partial charge in [0.25, 0.3) is 5.91 Å². The van der Waals surface area contributed by atoms with E-state index < -0.39 is 18.5 Å². The molecule has 0 aliphatic rings. The molecule has 0 saturated carbocycles. The highest BCUT2D eigenvalue weighted by molar-refractivity contribution is 5.87. The third kappa shape index (κ3) is 6.30. The van der Waals surface area contributed by atoms with Crippen LogP contribution in [0.3, 0.4) is 0 Å². The van der Waals surface area contributed by atoms with Gasteiger partial charge in [-0.05, 0) is 53.1 Å². The summed E-state index contributed by atoms with van der Waals surface area (Å²) in [6.07, 6.45) is 1.46. The fourth-order valence-corrected chi connectivity index (χ4v) is 3.05. The molecule has 0 radical (unpaired) electrons. The van der Waals surface area contributed by atoms with Crippen LogP contribution in [0.4, 0.5) is 0 Å². The molecule has 1 N–H and O–H groups in total. The lowest BCUT2D eigenvalue weighted by molar-refractivity contribution is -0.153. The van der Waals surface area contributed by atoms with Crippen LogP contribution in [-0.4, -0.2) is 38.4 Å². The molecule has 7 nitrogen and oxygen atoms in total. The lowest BCUT2D eigenvalue weighted by Gasteiger charge is -2.16. The zero-order chi connectivity index (χ0) is 22.1. The third-order valence-electron chi connectivity index (χ3n) is 4.61. The van der Waals surface area contributed by atoms with Crippen molar-refractivity contribution < 1.29 is 23.9 Å². The number of oxime groups is 1. The lowest BCUT2D eigenvalue weighted by Crippen LogP contribution is -2.31. The van der Waals surface area contributed by atoms with Gasteiger partial charge in [0, 0.05) is 0 Å². The molecule has 0 bridgehead atoms. The van der Waals surface area contributed by atoms with Gasteiger partial charge < -0.3 is 19.6 Å². The smallest absolute Gasteiger partial charge is 0.347 e. The van der Waals surface area contributed by atoms with Crippen molar-refractivity contribution in [2.75, 3.05) is 20.3 Å². The van der Waals surface area contributed by atoms with E-state index in [2.05, 4.69) is 10.5 Å². The van der Waals surface area contributed by atoms with Crippen LogP contribution in [-0.2, 0) is 19.2 Å². The molecule has 1 atom stereocenters. The molecule has 0 heterocycles. The summed E-state index contributed by atoms with van der Waals surface area (Å²) < 4.78 is 10.0. The summed E-state index contributed by atoms with van der Waals surface area (Å²) in [6, 6.07) is 20.8. The van der Waals surface area contributed by atoms with Crippen molar-refractivity contribution in [3.63, 3.8) is 0 Å². The summed E-state index contributed by atoms with van der Waals surface area (Å²) in [5.74, 6) is -0.343. The summed E-state index contributed by atoms with van der Waals surface area (Å²) in [5, 5.41) is 8.72. The first-order valence-corrected chi connectivity index (χ1v) is 9.79. The zero-order valence-corrected chi connectivity index (χ0v) is 17.4. The number of ether oxygens (including phenoxy) is 2. The number of hydrogen-bond donors (Lipinski definition) is 1. The van der Waals surface area contributed by atoms with Gasteiger partial charge in [0.05, 0.1) is 19.4 Å². The Morgan fingerprint density at radius 1 is 1.00 bits per heavy atom. The van der Waals surface area contributed by atoms with Gasteiger partial charge in [-0.15, -0.1) is 0 Å². The van der Waals surface area contributed by atoms with Crippen molar-refractivity contribution in [2.24, 2.45) is 5.16 Å². The average Bonchev–Trinajstić information content (AvgIpc) is 2.80. The summed E-state index contributed by atoms with van der Waals surface area (Å²) in [4.78, 5) is 28.8. The maximum Gasteiger partial charge on any atom is 0.347 e. The Morgan fingerprint density at radius 3 is 2.52 bits per heavy atom. The molecule has 3 aromatic carbocycles. The van der Waals surface area contributed by atoms with Gasteiger partial charge in [-0.2, -0.15) is 0 Å². The minimum Gasteiger partial charge on any atom is -0.497 e. The molecular weight excluding hydrogens is 396 g/mol. The number of amides is 1. The van der Waals surface area contributed by atoms with E-state index in [0.29, 0.717) is 0 Å². The normalized spacial score (nSPS) is 11.8. The fraction of sp³-hybridized carbons (Fsp3) is 0.208. The number of benzene rings is 3. The van der Waals surface area contributed by atoms with Crippen LogP contribution in [0, 0.1) is 0 Å². The van der Waals surface area contributed by atoms with E-state index in [1.54, 1.807) is 31.4 Å². The van der Waals surface area contributed by atoms with Crippen LogP contribution in [0.1, 0.15) is 24.1 Å². The van der Waals surface area contributed by atoms with E-state index in [1.165, 1.54) is 6.21 Å². The largest absolute Gasteiger partial charge is 0.497 e. The molecule has 3 aromatic rings. The Morgan fingerprint density at radius 2 is 1.74 bits per heavy atom. The molecule has 3 rings (SSSR count). The van der Waals surface area contributed by atoms with E-state index in [9.17, 15) is 9.59 Å². The molecule has 0 unspecified atom stereocenters. The molecule has 0 aromatic heterocycles. The van der Waals surface area contributed by atoms with Crippen molar-refractivity contribution in [3.05, 3.63) is 77.9 Å². The summed E-state index contributed by atoms with van der Waals surface area (Å²) in [7, 11) is 1.59. The molecule has 1 amide bonds. The molecule has 0 saturated heterocycles. The van der Waals surface area contributed by atoms with Crippen LogP contribution in [0.5, 0.6) is 5.75 Å². The third-order valence-corrected chi connectivity index (χ3v) is 4.61. The Labute approximate surface area is 180 Å². The van der Waals surface area contributed by atoms with Gasteiger partial charge in [0.15, 0.2) is 6.61 Å². The zero-order valence-electron chi connectivity index (χ0n) is 17.4. The molecule has 31 heavy (non-hydrogen) atoms. The number of hydrogen-bond acceptors (Lipinski definition) is 6. The Kier molecular flexibility index (Phi) is 7.59. The number of nitrogens with one attached hydrogen (secondary N) is 1. The maximum absolute atomic E-state index is 12.2. The number of carbonyl (C=O) groups excluding carboxylic acids is 2. The van der Waals surface area contributed by atoms with E-state index in [1.807, 2.05) is 49.4 Å². The van der Waals surface area contributed by atoms with E-state index in [0.717, 1.165) is 27.6 Å². The summed E-state index contributed by atoms with van der Waals surface area (Å²) in [6.45, 7) is 1.11. The highest BCUT2D eigenvalue weighted by atomic mass is 16.7. The monoisotopic (exact) mass is 420 g/mol. The van der Waals surface area contributed by atoms with Gasteiger partial charge >= 0.3 is 5.97 Å². The first-order valence-electron chi connectivity index (χ1n) is 9.79. The standard InChI is InChI=1S/C24H24N2O5/c1-17(21-9-5-7-19-6-3-4-8-22(19)21)26-23(27)15-30-24(28)16-31-25-14-18-10-12-20(29-2)13-11-18/h3-14,17H,15-16H2,1-2H3,(H,26,27)/b25-14-/t17-/m0/s1. The number of carbonyl (C=O) groups is 2. The Bertz CT molecular complexity index is 1060. The van der Waals surface area contributed by atoms with Gasteiger partial charge in [0.1, 0.15) is 5.75 Å². The van der Waals surface area contributed by atoms with Crippen molar-refractivity contribution in [3.8, 4) is 5.75 Å². The number of methoxy groups -OCH3 is 1. The van der Waals surface area contributed by atoms with Crippen molar-refractivity contribution in [1.82, 2.24) is 5.32 Å². The number of nitrogens with zero attached hydrogens (tertiary/aromatic N) is 1. The number of fused-ring (bicyclic) bond motifs is 1. The maximum atomic E-state index is 12.2. The predicted molar refractivity (Wildman–Crippen MR) is 118 cm³/mol. The van der Waals surface area contributed by atoms with Crippen LogP contribution >= 0.6 is 0 Å². The van der Waals surface area contributed by atoms with Gasteiger partial charge in [-0.1, -0.05) is 47.6 Å². The molecule has 160 valence electrons. The minimum absolute atomic E-state index is 0.234. The van der Waals surface area contributed by atoms with Gasteiger partial charge in [-0.25, -0.2) is 4.79 Å². The fourth-order valence-electron chi connectivity index (χ4n) is 3.05. The number of esters is 1. The lowest BCUT2D eigenvalue weighted by atomic mass is 10.00. The molecular formula is C24H24N2O5. The second-order valence-corrected chi connectivity index (χ2v) is 6.80. The molecule has 0 aliphatic carbocycles. The molecule has 7 heteroatoms. The first kappa shape index (κ1) is 21.8. The average molecular weight is 420 g/mol. The van der Waals surface area contributed by atoms with Gasteiger partial charge in [0.2, 0.25) is 6.61 Å². The van der Waals surface area contributed by atoms with Crippen LogP contribution < -0.4 is 10.1 Å². The highest BCUT2D eigenvalue weighted by Crippen LogP contribution is 2.23. The van der Waals surface area contributed by atoms with Crippen molar-refractivity contribution in [1.29, 1.82) is 0 Å². The Hall–Kier alpha value is -3.87. The second-order valence-electron chi connectivity index (χ2n) is 6.80. The van der Waals surface area contributed by atoms with Crippen LogP contribution in [0.15, 0.2) is 71.9 Å². The van der Waals surface area contributed by atoms with E-state index in [4.69, 9.17) is 14.3 Å². The predicted octanol–water partition coefficient (Wildman–Crippen LogP) is 3.62. The second kappa shape index (κ2) is 10.8. The summed E-state index contributed by atoms with van der Waals surface area (Å²) in [5.41, 5.74) is 1.78. The minimum atomic E-state index is -0.681. The molecule has 0 aliphatic heterocycles. The first-order chi connectivity index (χ1) is 15.1. The molecule has 0 fully saturated rings. The Balaban J connectivity index is 1.41. The molecule has 0 spiro atoms. The van der Waals surface area contributed by atoms with Crippen molar-refractivity contribution >= 4 is 28.9 Å². The van der Waals surface area contributed by atoms with E-state index >= 15 is 0 Å².